The number of hydrogen-bond acceptors (Lipinski definition) is 3. The summed E-state index contributed by atoms with van der Waals surface area (Å²) in [5, 5.41) is 6.33. The van der Waals surface area contributed by atoms with Crippen LogP contribution in [0.5, 0.6) is 0 Å². The van der Waals surface area contributed by atoms with Crippen LogP contribution in [0.2, 0.25) is 0 Å². The molecular formula is C12H16FN5O. The van der Waals surface area contributed by atoms with Crippen molar-refractivity contribution in [3.8, 4) is 0 Å². The summed E-state index contributed by atoms with van der Waals surface area (Å²) in [5.41, 5.74) is 13.4. The Morgan fingerprint density at radius 1 is 1.53 bits per heavy atom. The minimum Gasteiger partial charge on any atom is -0.368 e. The molecule has 1 unspecified atom stereocenters. The third-order valence-corrected chi connectivity index (χ3v) is 2.80. The van der Waals surface area contributed by atoms with Crippen LogP contribution in [-0.2, 0) is 11.2 Å². The largest absolute Gasteiger partial charge is 0.368 e. The minimum atomic E-state index is -0.969. The van der Waals surface area contributed by atoms with Crippen LogP contribution in [0, 0.1) is 5.82 Å². The summed E-state index contributed by atoms with van der Waals surface area (Å²) in [5.74, 6) is -0.849. The zero-order valence-corrected chi connectivity index (χ0v) is 10.6. The summed E-state index contributed by atoms with van der Waals surface area (Å²) in [6, 6.07) is 5.87. The average molecular weight is 265 g/mol. The Labute approximate surface area is 110 Å². The highest BCUT2D eigenvalue weighted by Crippen LogP contribution is 2.13. The van der Waals surface area contributed by atoms with Crippen molar-refractivity contribution in [1.82, 2.24) is 5.32 Å². The smallest absolute Gasteiger partial charge is 0.237 e. The first-order chi connectivity index (χ1) is 8.98. The van der Waals surface area contributed by atoms with Gasteiger partial charge in [0.15, 0.2) is 0 Å². The van der Waals surface area contributed by atoms with E-state index in [9.17, 15) is 9.18 Å². The lowest BCUT2D eigenvalue weighted by Gasteiger charge is -2.27. The molecular weight excluding hydrogens is 249 g/mol. The topological polar surface area (TPSA) is 104 Å². The van der Waals surface area contributed by atoms with Gasteiger partial charge in [-0.3, -0.25) is 4.79 Å². The van der Waals surface area contributed by atoms with Gasteiger partial charge in [-0.1, -0.05) is 17.2 Å². The number of azide groups is 1. The Morgan fingerprint density at radius 2 is 2.16 bits per heavy atom. The van der Waals surface area contributed by atoms with Crippen LogP contribution < -0.4 is 11.1 Å². The number of amides is 1. The number of halogens is 1. The number of carbonyl (C=O) groups is 1. The highest BCUT2D eigenvalue weighted by atomic mass is 19.1. The Bertz CT molecular complexity index is 483. The highest BCUT2D eigenvalue weighted by Gasteiger charge is 2.30. The summed E-state index contributed by atoms with van der Waals surface area (Å²) < 4.78 is 12.8. The maximum Gasteiger partial charge on any atom is 0.237 e. The first-order valence-corrected chi connectivity index (χ1v) is 5.78. The lowest BCUT2D eigenvalue weighted by molar-refractivity contribution is -0.123. The first-order valence-electron chi connectivity index (χ1n) is 5.78. The van der Waals surface area contributed by atoms with E-state index in [-0.39, 0.29) is 12.4 Å². The average Bonchev–Trinajstić information content (AvgIpc) is 2.37. The van der Waals surface area contributed by atoms with Gasteiger partial charge in [0.2, 0.25) is 5.91 Å². The van der Waals surface area contributed by atoms with Crippen LogP contribution in [-0.4, -0.2) is 24.5 Å². The number of nitrogens with two attached hydrogens (primary N) is 1. The third-order valence-electron chi connectivity index (χ3n) is 2.80. The van der Waals surface area contributed by atoms with Crippen LogP contribution in [0.4, 0.5) is 4.39 Å². The molecule has 0 saturated carbocycles. The summed E-state index contributed by atoms with van der Waals surface area (Å²) in [6.07, 6.45) is 0.332. The Kier molecular flexibility index (Phi) is 5.29. The van der Waals surface area contributed by atoms with Crippen molar-refractivity contribution >= 4 is 5.91 Å². The number of benzene rings is 1. The van der Waals surface area contributed by atoms with E-state index in [4.69, 9.17) is 11.3 Å². The molecule has 3 N–H and O–H groups in total. The summed E-state index contributed by atoms with van der Waals surface area (Å²) in [7, 11) is 0. The molecule has 0 fully saturated rings. The molecule has 1 atom stereocenters. The van der Waals surface area contributed by atoms with Crippen molar-refractivity contribution in [2.24, 2.45) is 10.8 Å². The Hall–Kier alpha value is -2.11. The van der Waals surface area contributed by atoms with Gasteiger partial charge in [0, 0.05) is 18.0 Å². The van der Waals surface area contributed by atoms with Crippen molar-refractivity contribution in [2.45, 2.75) is 18.9 Å². The number of nitrogens with zero attached hydrogens (tertiary/aromatic N) is 3. The maximum absolute atomic E-state index is 12.8. The van der Waals surface area contributed by atoms with Gasteiger partial charge in [0.05, 0.1) is 5.54 Å². The molecule has 102 valence electrons. The molecule has 0 aromatic heterocycles. The Balaban J connectivity index is 2.72. The third kappa shape index (κ3) is 4.57. The van der Waals surface area contributed by atoms with E-state index in [0.29, 0.717) is 13.0 Å². The molecule has 1 aromatic rings. The monoisotopic (exact) mass is 265 g/mol. The zero-order valence-electron chi connectivity index (χ0n) is 10.6. The van der Waals surface area contributed by atoms with E-state index < -0.39 is 11.4 Å². The zero-order chi connectivity index (χ0) is 14.3. The summed E-state index contributed by atoms with van der Waals surface area (Å²) in [4.78, 5) is 14.2. The van der Waals surface area contributed by atoms with Crippen LogP contribution in [0.15, 0.2) is 29.4 Å². The van der Waals surface area contributed by atoms with Gasteiger partial charge < -0.3 is 11.1 Å². The van der Waals surface area contributed by atoms with Crippen LogP contribution in [0.3, 0.4) is 0 Å². The number of nitrogens with one attached hydrogen (secondary N) is 1. The van der Waals surface area contributed by atoms with Crippen molar-refractivity contribution < 1.29 is 9.18 Å². The van der Waals surface area contributed by atoms with Gasteiger partial charge in [-0.05, 0) is 36.6 Å². The standard InChI is InChI=1S/C12H16FN5O/c1-12(11(14)19,16-6-7-17-18-15)8-9-2-4-10(13)5-3-9/h2-5,16H,6-8H2,1H3,(H2,14,19). The van der Waals surface area contributed by atoms with E-state index in [1.165, 1.54) is 12.1 Å². The van der Waals surface area contributed by atoms with Crippen molar-refractivity contribution in [1.29, 1.82) is 0 Å². The van der Waals surface area contributed by atoms with Crippen molar-refractivity contribution in [3.05, 3.63) is 46.1 Å². The molecule has 0 aliphatic carbocycles. The molecule has 0 aliphatic rings. The quantitative estimate of drug-likeness (QED) is 0.337. The molecule has 0 radical (unpaired) electrons. The first kappa shape index (κ1) is 14.9. The number of primary amides is 1. The summed E-state index contributed by atoms with van der Waals surface area (Å²) in [6.45, 7) is 2.22. The predicted molar refractivity (Wildman–Crippen MR) is 69.7 cm³/mol. The van der Waals surface area contributed by atoms with Crippen molar-refractivity contribution in [2.75, 3.05) is 13.1 Å². The van der Waals surface area contributed by atoms with Gasteiger partial charge >= 0.3 is 0 Å². The molecule has 0 aliphatic heterocycles. The van der Waals surface area contributed by atoms with Crippen molar-refractivity contribution in [3.63, 3.8) is 0 Å². The minimum absolute atomic E-state index is 0.225. The summed E-state index contributed by atoms with van der Waals surface area (Å²) >= 11 is 0. The number of rotatable bonds is 7. The van der Waals surface area contributed by atoms with Gasteiger partial charge in [0.1, 0.15) is 5.82 Å². The second-order valence-corrected chi connectivity index (χ2v) is 4.38. The van der Waals surface area contributed by atoms with Crippen LogP contribution >= 0.6 is 0 Å². The molecule has 1 aromatic carbocycles. The number of hydrogen-bond donors (Lipinski definition) is 2. The van der Waals surface area contributed by atoms with Crippen LogP contribution in [0.1, 0.15) is 12.5 Å². The maximum atomic E-state index is 12.8. The van der Waals surface area contributed by atoms with Crippen LogP contribution in [0.25, 0.3) is 10.4 Å². The second kappa shape index (κ2) is 6.72. The second-order valence-electron chi connectivity index (χ2n) is 4.38. The molecule has 0 heterocycles. The van der Waals surface area contributed by atoms with Gasteiger partial charge in [0.25, 0.3) is 0 Å². The van der Waals surface area contributed by atoms with Gasteiger partial charge in [-0.25, -0.2) is 4.39 Å². The normalized spacial score (nSPS) is 13.4. The van der Waals surface area contributed by atoms with Gasteiger partial charge in [-0.15, -0.1) is 0 Å². The SMILES string of the molecule is CC(Cc1ccc(F)cc1)(NCCN=[N+]=[N-])C(N)=O. The van der Waals surface area contributed by atoms with E-state index >= 15 is 0 Å². The molecule has 7 heteroatoms. The van der Waals surface area contributed by atoms with E-state index in [1.54, 1.807) is 19.1 Å². The van der Waals surface area contributed by atoms with E-state index in [2.05, 4.69) is 15.3 Å². The molecule has 19 heavy (non-hydrogen) atoms. The van der Waals surface area contributed by atoms with Gasteiger partial charge in [-0.2, -0.15) is 0 Å². The molecule has 1 rings (SSSR count). The molecule has 0 bridgehead atoms. The fourth-order valence-corrected chi connectivity index (χ4v) is 1.67. The molecule has 1 amide bonds. The fourth-order valence-electron chi connectivity index (χ4n) is 1.67. The molecule has 6 nitrogen and oxygen atoms in total. The number of carbonyl (C=O) groups excluding carboxylic acids is 1. The van der Waals surface area contributed by atoms with E-state index in [0.717, 1.165) is 5.56 Å². The molecule has 0 spiro atoms. The lowest BCUT2D eigenvalue weighted by Crippen LogP contribution is -2.55. The molecule has 0 saturated heterocycles. The fraction of sp³-hybridized carbons (Fsp3) is 0.417. The Morgan fingerprint density at radius 3 is 2.68 bits per heavy atom. The predicted octanol–water partition coefficient (Wildman–Crippen LogP) is 1.51. The van der Waals surface area contributed by atoms with E-state index in [1.807, 2.05) is 0 Å². The highest BCUT2D eigenvalue weighted by molar-refractivity contribution is 5.84. The lowest BCUT2D eigenvalue weighted by atomic mass is 9.92.